The maximum absolute atomic E-state index is 11.6. The Labute approximate surface area is 139 Å². The van der Waals surface area contributed by atoms with Gasteiger partial charge in [0.1, 0.15) is 0 Å². The largest absolute Gasteiger partial charge is 0.469 e. The zero-order chi connectivity index (χ0) is 16.2. The molecule has 1 heterocycles. The Morgan fingerprint density at radius 2 is 1.83 bits per heavy atom. The van der Waals surface area contributed by atoms with Crippen LogP contribution in [0.4, 0.5) is 0 Å². The van der Waals surface area contributed by atoms with Crippen LogP contribution in [-0.2, 0) is 9.53 Å². The van der Waals surface area contributed by atoms with Crippen molar-refractivity contribution in [3.8, 4) is 0 Å². The summed E-state index contributed by atoms with van der Waals surface area (Å²) in [5.74, 6) is 2.82. The molecule has 0 radical (unpaired) electrons. The number of esters is 1. The van der Waals surface area contributed by atoms with Crippen molar-refractivity contribution in [2.45, 2.75) is 57.4 Å². The van der Waals surface area contributed by atoms with E-state index in [2.05, 4.69) is 15.2 Å². The Bertz CT molecular complexity index is 438. The molecule has 23 heavy (non-hydrogen) atoms. The molecule has 0 aromatic heterocycles. The molecular weight excluding hydrogens is 290 g/mol. The Hall–Kier alpha value is -1.26. The number of carbonyl (C=O) groups excluding carboxylic acids is 1. The predicted molar refractivity (Wildman–Crippen MR) is 91.3 cm³/mol. The van der Waals surface area contributed by atoms with Gasteiger partial charge >= 0.3 is 5.97 Å². The molecule has 5 nitrogen and oxygen atoms in total. The van der Waals surface area contributed by atoms with E-state index in [0.29, 0.717) is 6.04 Å². The highest BCUT2D eigenvalue weighted by Gasteiger charge is 2.44. The van der Waals surface area contributed by atoms with Crippen molar-refractivity contribution >= 4 is 11.9 Å². The van der Waals surface area contributed by atoms with E-state index in [9.17, 15) is 4.79 Å². The molecule has 1 aliphatic heterocycles. The lowest BCUT2D eigenvalue weighted by Crippen LogP contribution is -2.47. The summed E-state index contributed by atoms with van der Waals surface area (Å²) in [4.78, 5) is 18.4. The number of rotatable bonds is 3. The first kappa shape index (κ1) is 16.6. The summed E-state index contributed by atoms with van der Waals surface area (Å²) in [6.45, 7) is 1.78. The van der Waals surface area contributed by atoms with Gasteiger partial charge in [0.15, 0.2) is 5.96 Å². The Morgan fingerprint density at radius 1 is 1.13 bits per heavy atom. The molecule has 3 rings (SSSR count). The number of nitrogens with zero attached hydrogens (tertiary/aromatic N) is 2. The number of guanidine groups is 1. The molecule has 0 aromatic carbocycles. The molecule has 0 aromatic rings. The maximum Gasteiger partial charge on any atom is 0.308 e. The highest BCUT2D eigenvalue weighted by atomic mass is 16.5. The van der Waals surface area contributed by atoms with E-state index in [1.165, 1.54) is 45.6 Å². The molecule has 1 saturated heterocycles. The lowest BCUT2D eigenvalue weighted by molar-refractivity contribution is -0.146. The van der Waals surface area contributed by atoms with Crippen LogP contribution in [0.25, 0.3) is 0 Å². The molecule has 1 N–H and O–H groups in total. The van der Waals surface area contributed by atoms with Crippen molar-refractivity contribution in [2.75, 3.05) is 27.2 Å². The Balaban J connectivity index is 1.45. The molecule has 0 amide bonds. The molecular formula is C18H31N3O2. The molecule has 2 aliphatic carbocycles. The van der Waals surface area contributed by atoms with Crippen LogP contribution in [0.2, 0.25) is 0 Å². The van der Waals surface area contributed by atoms with Crippen molar-refractivity contribution < 1.29 is 9.53 Å². The van der Waals surface area contributed by atoms with E-state index in [0.717, 1.165) is 43.7 Å². The zero-order valence-corrected chi connectivity index (χ0v) is 14.6. The molecule has 2 atom stereocenters. The maximum atomic E-state index is 11.6. The van der Waals surface area contributed by atoms with Gasteiger partial charge in [-0.15, -0.1) is 0 Å². The van der Waals surface area contributed by atoms with Crippen molar-refractivity contribution in [3.05, 3.63) is 0 Å². The number of hydrogen-bond donors (Lipinski definition) is 1. The van der Waals surface area contributed by atoms with Gasteiger partial charge in [-0.2, -0.15) is 0 Å². The van der Waals surface area contributed by atoms with Gasteiger partial charge < -0.3 is 15.0 Å². The van der Waals surface area contributed by atoms with E-state index >= 15 is 0 Å². The van der Waals surface area contributed by atoms with E-state index in [1.54, 1.807) is 0 Å². The third kappa shape index (κ3) is 3.99. The van der Waals surface area contributed by atoms with Gasteiger partial charge in [-0.3, -0.25) is 9.79 Å². The number of nitrogens with one attached hydrogen (secondary N) is 1. The van der Waals surface area contributed by atoms with Crippen LogP contribution in [0.5, 0.6) is 0 Å². The van der Waals surface area contributed by atoms with Crippen molar-refractivity contribution in [1.29, 1.82) is 0 Å². The minimum absolute atomic E-state index is 0.0604. The first-order chi connectivity index (χ1) is 11.2. The normalized spacial score (nSPS) is 30.2. The number of carbonyl (C=O) groups is 1. The zero-order valence-electron chi connectivity index (χ0n) is 14.6. The smallest absolute Gasteiger partial charge is 0.308 e. The Kier molecular flexibility index (Phi) is 5.44. The van der Waals surface area contributed by atoms with Crippen LogP contribution in [0.1, 0.15) is 51.4 Å². The Morgan fingerprint density at radius 3 is 2.43 bits per heavy atom. The third-order valence-corrected chi connectivity index (χ3v) is 5.95. The molecule has 130 valence electrons. The topological polar surface area (TPSA) is 53.9 Å². The fourth-order valence-corrected chi connectivity index (χ4v) is 4.42. The highest BCUT2D eigenvalue weighted by Crippen LogP contribution is 2.44. The lowest BCUT2D eigenvalue weighted by Gasteiger charge is -2.33. The summed E-state index contributed by atoms with van der Waals surface area (Å²) in [5, 5.41) is 3.68. The average Bonchev–Trinajstić information content (AvgIpc) is 3.39. The van der Waals surface area contributed by atoms with Gasteiger partial charge in [-0.1, -0.05) is 32.1 Å². The molecule has 2 unspecified atom stereocenters. The summed E-state index contributed by atoms with van der Waals surface area (Å²) in [6, 6.07) is 0.620. The highest BCUT2D eigenvalue weighted by molar-refractivity contribution is 5.81. The van der Waals surface area contributed by atoms with Gasteiger partial charge in [0.2, 0.25) is 0 Å². The number of ether oxygens (including phenoxy) is 1. The molecule has 0 spiro atoms. The molecule has 3 fully saturated rings. The van der Waals surface area contributed by atoms with Crippen LogP contribution in [0, 0.1) is 17.8 Å². The number of likely N-dealkylation sites (tertiary alicyclic amines) is 1. The summed E-state index contributed by atoms with van der Waals surface area (Å²) >= 11 is 0. The first-order valence-corrected chi connectivity index (χ1v) is 9.29. The number of piperidine rings is 1. The van der Waals surface area contributed by atoms with Gasteiger partial charge in [-0.25, -0.2) is 0 Å². The van der Waals surface area contributed by atoms with Crippen molar-refractivity contribution in [1.82, 2.24) is 10.2 Å². The fraction of sp³-hybridized carbons (Fsp3) is 0.889. The van der Waals surface area contributed by atoms with Crippen molar-refractivity contribution in [3.63, 3.8) is 0 Å². The van der Waals surface area contributed by atoms with E-state index in [1.807, 2.05) is 7.05 Å². The van der Waals surface area contributed by atoms with Crippen LogP contribution in [0.3, 0.4) is 0 Å². The summed E-state index contributed by atoms with van der Waals surface area (Å²) in [6.07, 6.45) is 10.2. The second kappa shape index (κ2) is 7.54. The molecule has 0 bridgehead atoms. The number of hydrogen-bond acceptors (Lipinski definition) is 3. The van der Waals surface area contributed by atoms with Gasteiger partial charge in [-0.05, 0) is 31.1 Å². The fourth-order valence-electron chi connectivity index (χ4n) is 4.42. The van der Waals surface area contributed by atoms with Crippen LogP contribution in [0.15, 0.2) is 4.99 Å². The second-order valence-corrected chi connectivity index (χ2v) is 7.38. The SMILES string of the molecule is CN=C(NC1CC1C1CCCCC1)N1CCC(C(=O)OC)CC1. The minimum atomic E-state index is -0.0628. The summed E-state index contributed by atoms with van der Waals surface area (Å²) < 4.78 is 4.86. The second-order valence-electron chi connectivity index (χ2n) is 7.38. The van der Waals surface area contributed by atoms with Gasteiger partial charge in [0.25, 0.3) is 0 Å². The van der Waals surface area contributed by atoms with E-state index < -0.39 is 0 Å². The minimum Gasteiger partial charge on any atom is -0.469 e. The average molecular weight is 321 g/mol. The van der Waals surface area contributed by atoms with E-state index in [4.69, 9.17) is 4.74 Å². The van der Waals surface area contributed by atoms with Crippen LogP contribution in [-0.4, -0.2) is 50.1 Å². The number of aliphatic imine (C=N–C) groups is 1. The molecule has 2 saturated carbocycles. The standard InChI is InChI=1S/C18H31N3O2/c1-19-18(21-10-8-14(9-11-21)17(22)23-2)20-16-12-15(16)13-6-4-3-5-7-13/h13-16H,3-12H2,1-2H3,(H,19,20). The molecule has 5 heteroatoms. The van der Waals surface area contributed by atoms with Crippen molar-refractivity contribution in [2.24, 2.45) is 22.7 Å². The van der Waals surface area contributed by atoms with Crippen LogP contribution < -0.4 is 5.32 Å². The van der Waals surface area contributed by atoms with Crippen LogP contribution >= 0.6 is 0 Å². The first-order valence-electron chi connectivity index (χ1n) is 9.29. The van der Waals surface area contributed by atoms with Gasteiger partial charge in [0, 0.05) is 26.2 Å². The van der Waals surface area contributed by atoms with Gasteiger partial charge in [0.05, 0.1) is 13.0 Å². The monoisotopic (exact) mass is 321 g/mol. The summed E-state index contributed by atoms with van der Waals surface area (Å²) in [7, 11) is 3.35. The van der Waals surface area contributed by atoms with E-state index in [-0.39, 0.29) is 11.9 Å². The quantitative estimate of drug-likeness (QED) is 0.493. The number of methoxy groups -OCH3 is 1. The third-order valence-electron chi connectivity index (χ3n) is 5.95. The summed E-state index contributed by atoms with van der Waals surface area (Å²) in [5.41, 5.74) is 0. The molecule has 3 aliphatic rings. The predicted octanol–water partition coefficient (Wildman–Crippen LogP) is 2.42. The lowest BCUT2D eigenvalue weighted by atomic mass is 9.85.